The number of hydrogen-bond donors (Lipinski definition) is 6. The van der Waals surface area contributed by atoms with Gasteiger partial charge in [-0.2, -0.15) is 13.2 Å². The Morgan fingerprint density at radius 2 is 1.34 bits per heavy atom. The van der Waals surface area contributed by atoms with Crippen LogP contribution in [0.1, 0.15) is 42.9 Å². The van der Waals surface area contributed by atoms with E-state index >= 15 is 0 Å². The molecular formula is C32H34ClF3N4O7. The molecule has 47 heavy (non-hydrogen) atoms. The molecule has 0 bridgehead atoms. The molecule has 0 aliphatic heterocycles. The van der Waals surface area contributed by atoms with E-state index in [0.717, 1.165) is 16.7 Å². The Labute approximate surface area is 273 Å². The number of carbonyl (C=O) groups excluding carboxylic acids is 3. The zero-order valence-corrected chi connectivity index (χ0v) is 25.7. The number of aliphatic carboxylic acids is 2. The molecule has 0 saturated heterocycles. The number of carboxylic acid groups (broad SMARTS) is 2. The number of nitrogens with one attached hydrogen (secondary N) is 4. The zero-order valence-electron chi connectivity index (χ0n) is 25.0. The van der Waals surface area contributed by atoms with E-state index in [1.54, 1.807) is 18.2 Å². The van der Waals surface area contributed by atoms with Crippen LogP contribution in [-0.4, -0.2) is 59.3 Å². The monoisotopic (exact) mass is 678 g/mol. The lowest BCUT2D eigenvalue weighted by atomic mass is 9.99. The van der Waals surface area contributed by atoms with Crippen molar-refractivity contribution >= 4 is 41.4 Å². The molecule has 11 nitrogen and oxygen atoms in total. The number of alkyl halides is 3. The predicted octanol–water partition coefficient (Wildman–Crippen LogP) is 5.06. The first kappa shape index (κ1) is 38.1. The predicted molar refractivity (Wildman–Crippen MR) is 167 cm³/mol. The van der Waals surface area contributed by atoms with Crippen LogP contribution in [-0.2, 0) is 25.7 Å². The van der Waals surface area contributed by atoms with Crippen LogP contribution in [0.25, 0.3) is 11.1 Å². The SMILES string of the molecule is O=C(O)C(F)(F)F.O=C(O)CC(NC(=O)CNC(=O)CCCCNC(=O)NCc1ccccc1Cl)c1ccc(-c2ccccc2)cc1. The number of rotatable bonds is 14. The Kier molecular flexibility index (Phi) is 15.7. The van der Waals surface area contributed by atoms with Crippen LogP contribution in [0.3, 0.4) is 0 Å². The van der Waals surface area contributed by atoms with Crippen LogP contribution in [0.5, 0.6) is 0 Å². The summed E-state index contributed by atoms with van der Waals surface area (Å²) in [5.74, 6) is -4.59. The third-order valence-electron chi connectivity index (χ3n) is 6.34. The smallest absolute Gasteiger partial charge is 0.481 e. The van der Waals surface area contributed by atoms with Crippen LogP contribution < -0.4 is 21.3 Å². The molecular weight excluding hydrogens is 645 g/mol. The van der Waals surface area contributed by atoms with Gasteiger partial charge in [0.15, 0.2) is 0 Å². The van der Waals surface area contributed by atoms with Crippen molar-refractivity contribution in [3.05, 3.63) is 95.0 Å². The molecule has 3 rings (SSSR count). The third kappa shape index (κ3) is 15.2. The second-order valence-electron chi connectivity index (χ2n) is 9.94. The highest BCUT2D eigenvalue weighted by molar-refractivity contribution is 6.31. The summed E-state index contributed by atoms with van der Waals surface area (Å²) >= 11 is 6.07. The van der Waals surface area contributed by atoms with Crippen LogP contribution in [0.2, 0.25) is 5.02 Å². The quantitative estimate of drug-likeness (QED) is 0.129. The van der Waals surface area contributed by atoms with E-state index in [2.05, 4.69) is 21.3 Å². The fraction of sp³-hybridized carbons (Fsp3) is 0.281. The number of urea groups is 1. The lowest BCUT2D eigenvalue weighted by molar-refractivity contribution is -0.192. The zero-order chi connectivity index (χ0) is 34.8. The molecule has 0 spiro atoms. The van der Waals surface area contributed by atoms with Crippen LogP contribution in [0.15, 0.2) is 78.9 Å². The summed E-state index contributed by atoms with van der Waals surface area (Å²) in [6.07, 6.45) is -4.08. The summed E-state index contributed by atoms with van der Waals surface area (Å²) in [5, 5.41) is 27.7. The normalized spacial score (nSPS) is 11.2. The molecule has 15 heteroatoms. The third-order valence-corrected chi connectivity index (χ3v) is 6.70. The second kappa shape index (κ2) is 19.4. The van der Waals surface area contributed by atoms with Crippen molar-refractivity contribution < 1.29 is 47.4 Å². The Morgan fingerprint density at radius 1 is 0.745 bits per heavy atom. The van der Waals surface area contributed by atoms with Crippen molar-refractivity contribution in [2.75, 3.05) is 13.1 Å². The molecule has 0 radical (unpaired) electrons. The van der Waals surface area contributed by atoms with Crippen molar-refractivity contribution in [1.82, 2.24) is 21.3 Å². The van der Waals surface area contributed by atoms with Gasteiger partial charge in [0.2, 0.25) is 11.8 Å². The molecule has 3 aromatic rings. The van der Waals surface area contributed by atoms with Gasteiger partial charge in [-0.25, -0.2) is 9.59 Å². The minimum Gasteiger partial charge on any atom is -0.481 e. The molecule has 6 N–H and O–H groups in total. The van der Waals surface area contributed by atoms with Crippen molar-refractivity contribution in [2.45, 2.75) is 44.4 Å². The summed E-state index contributed by atoms with van der Waals surface area (Å²) in [7, 11) is 0. The number of hydrogen-bond acceptors (Lipinski definition) is 5. The van der Waals surface area contributed by atoms with E-state index in [0.29, 0.717) is 36.5 Å². The van der Waals surface area contributed by atoms with Crippen LogP contribution >= 0.6 is 11.6 Å². The van der Waals surface area contributed by atoms with Gasteiger partial charge in [0, 0.05) is 24.5 Å². The van der Waals surface area contributed by atoms with Gasteiger partial charge in [-0.05, 0) is 41.2 Å². The van der Waals surface area contributed by atoms with Gasteiger partial charge in [0.25, 0.3) is 0 Å². The van der Waals surface area contributed by atoms with Gasteiger partial charge in [0.05, 0.1) is 19.0 Å². The Hall–Kier alpha value is -5.11. The van der Waals surface area contributed by atoms with E-state index in [1.807, 2.05) is 60.7 Å². The van der Waals surface area contributed by atoms with E-state index in [4.69, 9.17) is 21.5 Å². The molecule has 0 aliphatic carbocycles. The molecule has 0 heterocycles. The average Bonchev–Trinajstić information content (AvgIpc) is 3.03. The van der Waals surface area contributed by atoms with Crippen molar-refractivity contribution in [2.24, 2.45) is 0 Å². The summed E-state index contributed by atoms with van der Waals surface area (Å²) in [6, 6.07) is 23.3. The Bertz CT molecular complexity index is 1490. The van der Waals surface area contributed by atoms with E-state index in [1.165, 1.54) is 0 Å². The van der Waals surface area contributed by atoms with E-state index in [9.17, 15) is 37.5 Å². The van der Waals surface area contributed by atoms with Crippen molar-refractivity contribution in [3.63, 3.8) is 0 Å². The topological polar surface area (TPSA) is 174 Å². The molecule has 1 unspecified atom stereocenters. The maximum Gasteiger partial charge on any atom is 0.490 e. The van der Waals surface area contributed by atoms with Crippen LogP contribution in [0.4, 0.5) is 18.0 Å². The highest BCUT2D eigenvalue weighted by Gasteiger charge is 2.38. The first-order valence-electron chi connectivity index (χ1n) is 14.2. The fourth-order valence-corrected chi connectivity index (χ4v) is 4.17. The van der Waals surface area contributed by atoms with Gasteiger partial charge < -0.3 is 31.5 Å². The molecule has 4 amide bonds. The van der Waals surface area contributed by atoms with Gasteiger partial charge in [-0.15, -0.1) is 0 Å². The molecule has 252 valence electrons. The van der Waals surface area contributed by atoms with Crippen LogP contribution in [0, 0.1) is 0 Å². The number of halogens is 4. The molecule has 3 aromatic carbocycles. The minimum atomic E-state index is -5.08. The summed E-state index contributed by atoms with van der Waals surface area (Å²) < 4.78 is 31.7. The minimum absolute atomic E-state index is 0.190. The van der Waals surface area contributed by atoms with Gasteiger partial charge in [-0.1, -0.05) is 84.4 Å². The first-order valence-corrected chi connectivity index (χ1v) is 14.6. The Morgan fingerprint density at radius 3 is 1.94 bits per heavy atom. The fourth-order valence-electron chi connectivity index (χ4n) is 3.97. The van der Waals surface area contributed by atoms with E-state index < -0.39 is 30.1 Å². The Balaban J connectivity index is 0.000000984. The highest BCUT2D eigenvalue weighted by Crippen LogP contribution is 2.23. The molecule has 1 atom stereocenters. The maximum atomic E-state index is 12.5. The standard InChI is InChI=1S/C30H33ClN4O5.C2HF3O2/c31-25-11-5-4-10-24(25)19-34-30(40)32-17-7-6-12-27(36)33-20-28(37)35-26(18-29(38)39)23-15-13-22(14-16-23)21-8-2-1-3-9-21;3-2(4,5)1(6)7/h1-5,8-11,13-16,26H,6-7,12,17-20H2,(H,33,36)(H,35,37)(H,38,39)(H2,32,34,40);(H,6,7). The van der Waals surface area contributed by atoms with E-state index in [-0.39, 0.29) is 31.3 Å². The van der Waals surface area contributed by atoms with Crippen molar-refractivity contribution in [1.29, 1.82) is 0 Å². The lowest BCUT2D eigenvalue weighted by Gasteiger charge is -2.18. The average molecular weight is 679 g/mol. The highest BCUT2D eigenvalue weighted by atomic mass is 35.5. The largest absolute Gasteiger partial charge is 0.490 e. The number of unbranched alkanes of at least 4 members (excludes halogenated alkanes) is 1. The number of carboxylic acids is 2. The van der Waals surface area contributed by atoms with Gasteiger partial charge in [-0.3, -0.25) is 14.4 Å². The molecule has 0 aromatic heterocycles. The number of amides is 4. The summed E-state index contributed by atoms with van der Waals surface area (Å²) in [4.78, 5) is 56.8. The second-order valence-corrected chi connectivity index (χ2v) is 10.4. The summed E-state index contributed by atoms with van der Waals surface area (Å²) in [6.45, 7) is 0.435. The van der Waals surface area contributed by atoms with Gasteiger partial charge in [0.1, 0.15) is 0 Å². The first-order chi connectivity index (χ1) is 22.3. The molecule has 0 saturated carbocycles. The van der Waals surface area contributed by atoms with Gasteiger partial charge >= 0.3 is 24.1 Å². The number of carbonyl (C=O) groups is 5. The summed E-state index contributed by atoms with van der Waals surface area (Å²) in [5.41, 5.74) is 3.48. The lowest BCUT2D eigenvalue weighted by Crippen LogP contribution is -2.39. The van der Waals surface area contributed by atoms with Crippen molar-refractivity contribution in [3.8, 4) is 11.1 Å². The molecule has 0 aliphatic rings. The maximum absolute atomic E-state index is 12.5. The molecule has 0 fully saturated rings. The number of benzene rings is 3.